The van der Waals surface area contributed by atoms with Crippen LogP contribution in [-0.2, 0) is 5.54 Å². The third-order valence-electron chi connectivity index (χ3n) is 4.66. The van der Waals surface area contributed by atoms with Crippen molar-refractivity contribution in [3.05, 3.63) is 28.8 Å². The van der Waals surface area contributed by atoms with Crippen LogP contribution in [0.2, 0.25) is 5.02 Å². The van der Waals surface area contributed by atoms with E-state index in [9.17, 15) is 0 Å². The lowest BCUT2D eigenvalue weighted by Gasteiger charge is -2.49. The number of nitrogens with zero attached hydrogens (tertiary/aromatic N) is 2. The van der Waals surface area contributed by atoms with Crippen molar-refractivity contribution in [1.29, 1.82) is 0 Å². The fraction of sp³-hybridized carbons (Fsp3) is 0.600. The van der Waals surface area contributed by atoms with Crippen molar-refractivity contribution in [3.8, 4) is 5.75 Å². The van der Waals surface area contributed by atoms with Crippen molar-refractivity contribution in [2.45, 2.75) is 12.0 Å². The summed E-state index contributed by atoms with van der Waals surface area (Å²) in [6.07, 6.45) is 0.931. The van der Waals surface area contributed by atoms with Crippen molar-refractivity contribution in [1.82, 2.24) is 9.80 Å². The van der Waals surface area contributed by atoms with Gasteiger partial charge in [-0.1, -0.05) is 11.6 Å². The molecule has 4 nitrogen and oxygen atoms in total. The van der Waals surface area contributed by atoms with Crippen molar-refractivity contribution < 1.29 is 4.74 Å². The minimum absolute atomic E-state index is 0.125. The van der Waals surface area contributed by atoms with E-state index in [4.69, 9.17) is 22.1 Å². The molecule has 1 unspecified atom stereocenters. The fourth-order valence-corrected chi connectivity index (χ4v) is 3.53. The Morgan fingerprint density at radius 2 is 2.05 bits per heavy atom. The summed E-state index contributed by atoms with van der Waals surface area (Å²) < 4.78 is 5.80. The van der Waals surface area contributed by atoms with Crippen LogP contribution in [0.3, 0.4) is 0 Å². The molecule has 0 bridgehead atoms. The van der Waals surface area contributed by atoms with Gasteiger partial charge in [-0.05, 0) is 25.2 Å². The smallest absolute Gasteiger partial charge is 0.124 e. The van der Waals surface area contributed by atoms with E-state index in [-0.39, 0.29) is 5.54 Å². The Morgan fingerprint density at radius 1 is 1.30 bits per heavy atom. The van der Waals surface area contributed by atoms with Gasteiger partial charge in [-0.25, -0.2) is 0 Å². The quantitative estimate of drug-likeness (QED) is 0.898. The number of hydrogen-bond acceptors (Lipinski definition) is 4. The number of nitrogens with two attached hydrogens (primary N) is 1. The highest BCUT2D eigenvalue weighted by Gasteiger charge is 2.42. The summed E-state index contributed by atoms with van der Waals surface area (Å²) >= 11 is 6.20. The molecule has 2 aliphatic rings. The minimum atomic E-state index is -0.125. The van der Waals surface area contributed by atoms with Crippen LogP contribution in [0.5, 0.6) is 5.75 Å². The maximum atomic E-state index is 6.21. The molecule has 1 aromatic rings. The number of benzene rings is 1. The van der Waals surface area contributed by atoms with Gasteiger partial charge in [-0.15, -0.1) is 0 Å². The molecular weight excluding hydrogens is 274 g/mol. The van der Waals surface area contributed by atoms with E-state index in [1.54, 1.807) is 0 Å². The molecule has 3 rings (SSSR count). The van der Waals surface area contributed by atoms with Crippen molar-refractivity contribution in [2.75, 3.05) is 46.4 Å². The van der Waals surface area contributed by atoms with Crippen LogP contribution in [0, 0.1) is 0 Å². The van der Waals surface area contributed by atoms with Gasteiger partial charge in [-0.2, -0.15) is 0 Å². The molecule has 1 fully saturated rings. The molecule has 20 heavy (non-hydrogen) atoms. The van der Waals surface area contributed by atoms with Gasteiger partial charge in [-0.3, -0.25) is 4.90 Å². The van der Waals surface area contributed by atoms with Crippen LogP contribution in [-0.4, -0.2) is 56.2 Å². The van der Waals surface area contributed by atoms with Gasteiger partial charge < -0.3 is 15.4 Å². The molecule has 110 valence electrons. The van der Waals surface area contributed by atoms with Gasteiger partial charge in [0.1, 0.15) is 5.75 Å². The molecular formula is C15H22ClN3O. The average molecular weight is 296 g/mol. The average Bonchev–Trinajstić information content (AvgIpc) is 2.47. The number of piperazine rings is 1. The highest BCUT2D eigenvalue weighted by Crippen LogP contribution is 2.42. The van der Waals surface area contributed by atoms with Gasteiger partial charge in [0, 0.05) is 49.7 Å². The lowest BCUT2D eigenvalue weighted by Crippen LogP contribution is -2.59. The standard InChI is InChI=1S/C15H22ClN3O/c1-18-5-7-19(8-6-18)15(11-17)4-9-20-14-3-2-12(16)10-13(14)15/h2-3,10H,4-9,11,17H2,1H3. The number of ether oxygens (including phenoxy) is 1. The first-order chi connectivity index (χ1) is 9.65. The second kappa shape index (κ2) is 5.53. The van der Waals surface area contributed by atoms with E-state index in [1.807, 2.05) is 18.2 Å². The minimum Gasteiger partial charge on any atom is -0.493 e. The predicted molar refractivity (Wildman–Crippen MR) is 81.4 cm³/mol. The summed E-state index contributed by atoms with van der Waals surface area (Å²) in [6, 6.07) is 5.88. The van der Waals surface area contributed by atoms with Gasteiger partial charge in [0.2, 0.25) is 0 Å². The van der Waals surface area contributed by atoms with Crippen LogP contribution >= 0.6 is 11.6 Å². The summed E-state index contributed by atoms with van der Waals surface area (Å²) in [6.45, 7) is 5.57. The summed E-state index contributed by atoms with van der Waals surface area (Å²) in [4.78, 5) is 4.88. The fourth-order valence-electron chi connectivity index (χ4n) is 3.36. The lowest BCUT2D eigenvalue weighted by molar-refractivity contribution is 0.0139. The van der Waals surface area contributed by atoms with Gasteiger partial charge >= 0.3 is 0 Å². The van der Waals surface area contributed by atoms with E-state index < -0.39 is 0 Å². The molecule has 0 saturated carbocycles. The molecule has 1 atom stereocenters. The van der Waals surface area contributed by atoms with Crippen LogP contribution in [0.1, 0.15) is 12.0 Å². The predicted octanol–water partition coefficient (Wildman–Crippen LogP) is 1.52. The zero-order chi connectivity index (χ0) is 14.2. The molecule has 0 aliphatic carbocycles. The third kappa shape index (κ3) is 2.31. The first-order valence-corrected chi connectivity index (χ1v) is 7.60. The van der Waals surface area contributed by atoms with Crippen molar-refractivity contribution in [3.63, 3.8) is 0 Å². The molecule has 2 N–H and O–H groups in total. The van der Waals surface area contributed by atoms with E-state index in [0.29, 0.717) is 6.54 Å². The number of halogens is 1. The highest BCUT2D eigenvalue weighted by molar-refractivity contribution is 6.30. The molecule has 1 aromatic carbocycles. The maximum Gasteiger partial charge on any atom is 0.124 e. The first kappa shape index (κ1) is 14.1. The molecule has 0 aromatic heterocycles. The molecule has 1 saturated heterocycles. The molecule has 2 aliphatic heterocycles. The van der Waals surface area contributed by atoms with Crippen molar-refractivity contribution in [2.24, 2.45) is 5.73 Å². The Labute approximate surface area is 125 Å². The number of hydrogen-bond donors (Lipinski definition) is 1. The maximum absolute atomic E-state index is 6.21. The summed E-state index contributed by atoms with van der Waals surface area (Å²) in [5.74, 6) is 0.935. The lowest BCUT2D eigenvalue weighted by atomic mass is 9.82. The zero-order valence-electron chi connectivity index (χ0n) is 11.9. The van der Waals surface area contributed by atoms with E-state index in [0.717, 1.165) is 55.5 Å². The Morgan fingerprint density at radius 3 is 2.75 bits per heavy atom. The topological polar surface area (TPSA) is 41.7 Å². The summed E-state index contributed by atoms with van der Waals surface area (Å²) in [5.41, 5.74) is 7.25. The van der Waals surface area contributed by atoms with Gasteiger partial charge in [0.05, 0.1) is 12.1 Å². The normalized spacial score (nSPS) is 27.9. The van der Waals surface area contributed by atoms with E-state index >= 15 is 0 Å². The van der Waals surface area contributed by atoms with Crippen LogP contribution in [0.25, 0.3) is 0 Å². The van der Waals surface area contributed by atoms with E-state index in [1.165, 1.54) is 0 Å². The van der Waals surface area contributed by atoms with Crippen LogP contribution in [0.4, 0.5) is 0 Å². The molecule has 2 heterocycles. The largest absolute Gasteiger partial charge is 0.493 e. The second-order valence-electron chi connectivity index (χ2n) is 5.76. The number of rotatable bonds is 2. The second-order valence-corrected chi connectivity index (χ2v) is 6.20. The van der Waals surface area contributed by atoms with Crippen LogP contribution in [0.15, 0.2) is 18.2 Å². The zero-order valence-corrected chi connectivity index (χ0v) is 12.7. The van der Waals surface area contributed by atoms with E-state index in [2.05, 4.69) is 16.8 Å². The highest BCUT2D eigenvalue weighted by atomic mass is 35.5. The first-order valence-electron chi connectivity index (χ1n) is 7.22. The van der Waals surface area contributed by atoms with Crippen LogP contribution < -0.4 is 10.5 Å². The third-order valence-corrected chi connectivity index (χ3v) is 4.90. The number of likely N-dealkylation sites (N-methyl/N-ethyl adjacent to an activating group) is 1. The summed E-state index contributed by atoms with van der Waals surface area (Å²) in [7, 11) is 2.17. The Balaban J connectivity index is 1.99. The Kier molecular flexibility index (Phi) is 3.91. The Bertz CT molecular complexity index is 488. The van der Waals surface area contributed by atoms with Crippen molar-refractivity contribution >= 4 is 11.6 Å². The van der Waals surface area contributed by atoms with Gasteiger partial charge in [0.15, 0.2) is 0 Å². The Hall–Kier alpha value is -0.810. The molecule has 0 radical (unpaired) electrons. The number of fused-ring (bicyclic) bond motifs is 1. The SMILES string of the molecule is CN1CCN(C2(CN)CCOc3ccc(Cl)cc32)CC1. The molecule has 5 heteroatoms. The molecule has 0 amide bonds. The van der Waals surface area contributed by atoms with Gasteiger partial charge in [0.25, 0.3) is 0 Å². The summed E-state index contributed by atoms with van der Waals surface area (Å²) in [5, 5.41) is 0.751. The molecule has 0 spiro atoms. The monoisotopic (exact) mass is 295 g/mol.